The van der Waals surface area contributed by atoms with Gasteiger partial charge in [0.05, 0.1) is 11.1 Å². The van der Waals surface area contributed by atoms with E-state index in [1.54, 1.807) is 17.5 Å². The zero-order valence-corrected chi connectivity index (χ0v) is 13.1. The highest BCUT2D eigenvalue weighted by Gasteiger charge is 2.33. The molecule has 1 aliphatic heterocycles. The molecule has 0 spiro atoms. The number of carbonyl (C=O) groups excluding carboxylic acids is 1. The Morgan fingerprint density at radius 1 is 1.33 bits per heavy atom. The van der Waals surface area contributed by atoms with Crippen LogP contribution < -0.4 is 0 Å². The summed E-state index contributed by atoms with van der Waals surface area (Å²) in [6.07, 6.45) is 6.07. The van der Waals surface area contributed by atoms with Gasteiger partial charge in [0.2, 0.25) is 5.91 Å². The number of nitrogens with zero attached hydrogens (tertiary/aromatic N) is 3. The molecule has 1 saturated carbocycles. The number of piperazine rings is 1. The van der Waals surface area contributed by atoms with Crippen LogP contribution in [0.1, 0.15) is 30.7 Å². The first kappa shape index (κ1) is 14.9. The fraction of sp³-hybridized carbons (Fsp3) is 0.733. The van der Waals surface area contributed by atoms with E-state index in [2.05, 4.69) is 9.88 Å². The molecule has 1 aliphatic carbocycles. The summed E-state index contributed by atoms with van der Waals surface area (Å²) in [6.45, 7) is 3.37. The number of rotatable bonds is 4. The second-order valence-corrected chi connectivity index (χ2v) is 6.89. The standard InChI is InChI=1S/C15H23N3O2S/c19-13-3-1-2-12(13)17-7-9-18(10-8-17)15(20)5-4-14-16-6-11-21-14/h6,11-13,19H,1-5,7-10H2/t12-,13-/m1/s1. The number of thiazole rings is 1. The first-order valence-electron chi connectivity index (χ1n) is 7.82. The van der Waals surface area contributed by atoms with Crippen LogP contribution in [0.5, 0.6) is 0 Å². The van der Waals surface area contributed by atoms with Gasteiger partial charge in [-0.05, 0) is 19.3 Å². The van der Waals surface area contributed by atoms with E-state index in [1.807, 2.05) is 10.3 Å². The van der Waals surface area contributed by atoms with Gasteiger partial charge in [-0.3, -0.25) is 9.69 Å². The van der Waals surface area contributed by atoms with Crippen LogP contribution in [0.25, 0.3) is 0 Å². The molecule has 6 heteroatoms. The zero-order chi connectivity index (χ0) is 14.7. The van der Waals surface area contributed by atoms with Gasteiger partial charge in [0, 0.05) is 56.6 Å². The third kappa shape index (κ3) is 3.62. The highest BCUT2D eigenvalue weighted by Crippen LogP contribution is 2.25. The molecular formula is C15H23N3O2S. The van der Waals surface area contributed by atoms with Crippen molar-refractivity contribution in [2.24, 2.45) is 0 Å². The van der Waals surface area contributed by atoms with Crippen molar-refractivity contribution < 1.29 is 9.90 Å². The summed E-state index contributed by atoms with van der Waals surface area (Å²) in [6, 6.07) is 0.317. The Labute approximate surface area is 129 Å². The molecule has 0 radical (unpaired) electrons. The van der Waals surface area contributed by atoms with Gasteiger partial charge in [0.1, 0.15) is 0 Å². The van der Waals surface area contributed by atoms with Crippen LogP contribution in [0.15, 0.2) is 11.6 Å². The van der Waals surface area contributed by atoms with E-state index < -0.39 is 0 Å². The van der Waals surface area contributed by atoms with Crippen molar-refractivity contribution >= 4 is 17.2 Å². The van der Waals surface area contributed by atoms with Gasteiger partial charge in [-0.1, -0.05) is 0 Å². The quantitative estimate of drug-likeness (QED) is 0.906. The van der Waals surface area contributed by atoms with Crippen molar-refractivity contribution in [1.29, 1.82) is 0 Å². The van der Waals surface area contributed by atoms with Crippen molar-refractivity contribution in [2.75, 3.05) is 26.2 Å². The van der Waals surface area contributed by atoms with Crippen LogP contribution in [0.2, 0.25) is 0 Å². The highest BCUT2D eigenvalue weighted by atomic mass is 32.1. The minimum absolute atomic E-state index is 0.169. The van der Waals surface area contributed by atoms with Gasteiger partial charge in [-0.25, -0.2) is 4.98 Å². The van der Waals surface area contributed by atoms with Crippen LogP contribution in [0.4, 0.5) is 0 Å². The molecule has 116 valence electrons. The third-order valence-corrected chi connectivity index (χ3v) is 5.46. The maximum absolute atomic E-state index is 12.2. The Balaban J connectivity index is 1.43. The SMILES string of the molecule is O=C(CCc1nccs1)N1CCN([C@@H]2CCC[C@H]2O)CC1. The van der Waals surface area contributed by atoms with E-state index in [0.717, 1.165) is 56.9 Å². The molecule has 0 aromatic carbocycles. The van der Waals surface area contributed by atoms with Gasteiger partial charge >= 0.3 is 0 Å². The Bertz CT molecular complexity index is 457. The first-order valence-corrected chi connectivity index (χ1v) is 8.70. The second-order valence-electron chi connectivity index (χ2n) is 5.91. The van der Waals surface area contributed by atoms with E-state index in [9.17, 15) is 9.90 Å². The summed E-state index contributed by atoms with van der Waals surface area (Å²) in [5, 5.41) is 13.0. The molecule has 0 unspecified atom stereocenters. The molecule has 5 nitrogen and oxygen atoms in total. The van der Waals surface area contributed by atoms with Crippen LogP contribution in [-0.2, 0) is 11.2 Å². The molecule has 0 bridgehead atoms. The maximum atomic E-state index is 12.2. The Hall–Kier alpha value is -0.980. The summed E-state index contributed by atoms with van der Waals surface area (Å²) in [5.74, 6) is 0.233. The highest BCUT2D eigenvalue weighted by molar-refractivity contribution is 7.09. The smallest absolute Gasteiger partial charge is 0.223 e. The van der Waals surface area contributed by atoms with E-state index >= 15 is 0 Å². The first-order chi connectivity index (χ1) is 10.2. The molecule has 2 atom stereocenters. The average Bonchev–Trinajstić information content (AvgIpc) is 3.16. The molecule has 2 aliphatic rings. The van der Waals surface area contributed by atoms with Crippen LogP contribution in [0, 0.1) is 0 Å². The largest absolute Gasteiger partial charge is 0.391 e. The fourth-order valence-corrected chi connectivity index (χ4v) is 4.02. The van der Waals surface area contributed by atoms with E-state index in [1.165, 1.54) is 0 Å². The molecule has 1 N–H and O–H groups in total. The lowest BCUT2D eigenvalue weighted by molar-refractivity contribution is -0.133. The van der Waals surface area contributed by atoms with Crippen molar-refractivity contribution in [3.63, 3.8) is 0 Å². The normalized spacial score (nSPS) is 27.2. The third-order valence-electron chi connectivity index (χ3n) is 4.62. The molecule has 2 heterocycles. The van der Waals surface area contributed by atoms with Crippen molar-refractivity contribution in [1.82, 2.24) is 14.8 Å². The van der Waals surface area contributed by atoms with Crippen LogP contribution >= 0.6 is 11.3 Å². The summed E-state index contributed by atoms with van der Waals surface area (Å²) < 4.78 is 0. The minimum atomic E-state index is -0.169. The molecule has 1 aromatic heterocycles. The van der Waals surface area contributed by atoms with Crippen molar-refractivity contribution in [3.8, 4) is 0 Å². The number of aryl methyl sites for hydroxylation is 1. The van der Waals surface area contributed by atoms with Gasteiger partial charge < -0.3 is 10.0 Å². The summed E-state index contributed by atoms with van der Waals surface area (Å²) in [4.78, 5) is 20.8. The van der Waals surface area contributed by atoms with Gasteiger partial charge in [-0.15, -0.1) is 11.3 Å². The Morgan fingerprint density at radius 3 is 2.76 bits per heavy atom. The molecule has 3 rings (SSSR count). The molecular weight excluding hydrogens is 286 g/mol. The van der Waals surface area contributed by atoms with Gasteiger partial charge in [-0.2, -0.15) is 0 Å². The van der Waals surface area contributed by atoms with Crippen molar-refractivity contribution in [3.05, 3.63) is 16.6 Å². The van der Waals surface area contributed by atoms with Crippen LogP contribution in [0.3, 0.4) is 0 Å². The number of aliphatic hydroxyl groups excluding tert-OH is 1. The molecule has 1 saturated heterocycles. The summed E-state index contributed by atoms with van der Waals surface area (Å²) in [5.41, 5.74) is 0. The zero-order valence-electron chi connectivity index (χ0n) is 12.3. The van der Waals surface area contributed by atoms with Gasteiger partial charge in [0.25, 0.3) is 0 Å². The number of amides is 1. The lowest BCUT2D eigenvalue weighted by Crippen LogP contribution is -2.53. The fourth-order valence-electron chi connectivity index (χ4n) is 3.40. The Morgan fingerprint density at radius 2 is 2.14 bits per heavy atom. The summed E-state index contributed by atoms with van der Waals surface area (Å²) >= 11 is 1.61. The van der Waals surface area contributed by atoms with Gasteiger partial charge in [0.15, 0.2) is 0 Å². The topological polar surface area (TPSA) is 56.7 Å². The Kier molecular flexibility index (Phi) is 4.87. The number of hydrogen-bond acceptors (Lipinski definition) is 5. The lowest BCUT2D eigenvalue weighted by Gasteiger charge is -2.39. The summed E-state index contributed by atoms with van der Waals surface area (Å²) in [7, 11) is 0. The number of hydrogen-bond donors (Lipinski definition) is 1. The molecule has 1 amide bonds. The predicted octanol–water partition coefficient (Wildman–Crippen LogP) is 1.13. The van der Waals surface area contributed by atoms with E-state index in [-0.39, 0.29) is 12.0 Å². The van der Waals surface area contributed by atoms with E-state index in [0.29, 0.717) is 12.5 Å². The van der Waals surface area contributed by atoms with Crippen LogP contribution in [-0.4, -0.2) is 64.1 Å². The number of aromatic nitrogens is 1. The number of aliphatic hydroxyl groups is 1. The molecule has 21 heavy (non-hydrogen) atoms. The molecule has 2 fully saturated rings. The monoisotopic (exact) mass is 309 g/mol. The lowest BCUT2D eigenvalue weighted by atomic mass is 10.1. The average molecular weight is 309 g/mol. The maximum Gasteiger partial charge on any atom is 0.223 e. The minimum Gasteiger partial charge on any atom is -0.391 e. The number of carbonyl (C=O) groups is 1. The van der Waals surface area contributed by atoms with E-state index in [4.69, 9.17) is 0 Å². The second kappa shape index (κ2) is 6.85. The predicted molar refractivity (Wildman–Crippen MR) is 82.2 cm³/mol. The van der Waals surface area contributed by atoms with Crippen molar-refractivity contribution in [2.45, 2.75) is 44.2 Å². The molecule has 1 aromatic rings.